The first-order valence-corrected chi connectivity index (χ1v) is 7.49. The summed E-state index contributed by atoms with van der Waals surface area (Å²) in [5, 5.41) is 0. The molecular weight excluding hydrogens is 248 g/mol. The summed E-state index contributed by atoms with van der Waals surface area (Å²) in [4.78, 5) is 11.7. The average molecular weight is 276 g/mol. The second-order valence-corrected chi connectivity index (χ2v) is 4.59. The Morgan fingerprint density at radius 1 is 1.35 bits per heavy atom. The highest BCUT2D eigenvalue weighted by molar-refractivity contribution is 5.91. The third-order valence-electron chi connectivity index (χ3n) is 3.33. The van der Waals surface area contributed by atoms with E-state index in [0.29, 0.717) is 18.1 Å². The Morgan fingerprint density at radius 2 is 2.05 bits per heavy atom. The van der Waals surface area contributed by atoms with Crippen LogP contribution in [0.1, 0.15) is 46.0 Å². The zero-order chi connectivity index (χ0) is 15.4. The predicted octanol–water partition coefficient (Wildman–Crippen LogP) is 4.99. The second-order valence-electron chi connectivity index (χ2n) is 4.59. The fraction of sp³-hybridized carbons (Fsp3) is 0.500. The molecule has 1 saturated carbocycles. The van der Waals surface area contributed by atoms with Gasteiger partial charge in [-0.15, -0.1) is 0 Å². The highest BCUT2D eigenvalue weighted by atomic mass is 16.5. The molecule has 0 saturated heterocycles. The maximum atomic E-state index is 11.7. The van der Waals surface area contributed by atoms with Gasteiger partial charge in [0.15, 0.2) is 0 Å². The maximum absolute atomic E-state index is 11.7. The Hall–Kier alpha value is -1.57. The fourth-order valence-corrected chi connectivity index (χ4v) is 2.22. The highest BCUT2D eigenvalue weighted by Gasteiger charge is 2.17. The van der Waals surface area contributed by atoms with Crippen LogP contribution in [-0.2, 0) is 9.53 Å². The monoisotopic (exact) mass is 276 g/mol. The number of esters is 1. The van der Waals surface area contributed by atoms with E-state index in [4.69, 9.17) is 4.74 Å². The minimum atomic E-state index is -0.327. The van der Waals surface area contributed by atoms with Crippen LogP contribution in [0.4, 0.5) is 0 Å². The van der Waals surface area contributed by atoms with Crippen LogP contribution >= 0.6 is 0 Å². The molecule has 0 radical (unpaired) electrons. The van der Waals surface area contributed by atoms with Crippen molar-refractivity contribution in [3.05, 3.63) is 49.1 Å². The normalized spacial score (nSPS) is 18.6. The van der Waals surface area contributed by atoms with Crippen molar-refractivity contribution in [1.29, 1.82) is 0 Å². The quantitative estimate of drug-likeness (QED) is 0.296. The Morgan fingerprint density at radius 3 is 2.60 bits per heavy atom. The zero-order valence-corrected chi connectivity index (χ0v) is 13.0. The summed E-state index contributed by atoms with van der Waals surface area (Å²) in [5.74, 6) is 0.188. The zero-order valence-electron chi connectivity index (χ0n) is 13.0. The van der Waals surface area contributed by atoms with Gasteiger partial charge in [0, 0.05) is 0 Å². The number of allylic oxidation sites excluding steroid dienone is 3. The first kappa shape index (κ1) is 18.4. The van der Waals surface area contributed by atoms with Crippen LogP contribution in [0.15, 0.2) is 49.1 Å². The molecule has 2 heteroatoms. The van der Waals surface area contributed by atoms with Crippen LogP contribution in [0.5, 0.6) is 0 Å². The Balaban J connectivity index is 0.00000172. The van der Waals surface area contributed by atoms with Crippen LogP contribution in [0, 0.1) is 5.92 Å². The van der Waals surface area contributed by atoms with E-state index in [-0.39, 0.29) is 5.97 Å². The number of carbonyl (C=O) groups excluding carboxylic acids is 1. The lowest BCUT2D eigenvalue weighted by Gasteiger charge is -2.24. The van der Waals surface area contributed by atoms with E-state index in [1.165, 1.54) is 30.9 Å². The molecule has 20 heavy (non-hydrogen) atoms. The van der Waals surface area contributed by atoms with Crippen molar-refractivity contribution in [3.63, 3.8) is 0 Å². The van der Waals surface area contributed by atoms with Gasteiger partial charge >= 0.3 is 5.97 Å². The molecule has 2 nitrogen and oxygen atoms in total. The number of carbonyl (C=O) groups is 1. The van der Waals surface area contributed by atoms with Gasteiger partial charge in [-0.25, -0.2) is 4.79 Å². The molecule has 0 aromatic heterocycles. The molecule has 0 N–H and O–H groups in total. The van der Waals surface area contributed by atoms with Crippen molar-refractivity contribution in [3.8, 4) is 0 Å². The van der Waals surface area contributed by atoms with Gasteiger partial charge in [0.1, 0.15) is 0 Å². The van der Waals surface area contributed by atoms with Gasteiger partial charge in [0.05, 0.1) is 12.2 Å². The molecular formula is C18H28O2. The molecule has 1 unspecified atom stereocenters. The molecule has 1 rings (SSSR count). The average Bonchev–Trinajstić information content (AvgIpc) is 2.48. The molecule has 0 aromatic carbocycles. The van der Waals surface area contributed by atoms with Gasteiger partial charge in [0.25, 0.3) is 0 Å². The molecule has 0 heterocycles. The van der Waals surface area contributed by atoms with Crippen molar-refractivity contribution in [2.45, 2.75) is 46.0 Å². The molecule has 1 aliphatic rings. The SMILES string of the molecule is C=C/C=C(\C=C)C(=O)OCCC1CCCCC1=C.CC. The molecule has 1 fully saturated rings. The Kier molecular flexibility index (Phi) is 10.4. The van der Waals surface area contributed by atoms with Gasteiger partial charge in [-0.1, -0.05) is 57.7 Å². The lowest BCUT2D eigenvalue weighted by molar-refractivity contribution is -0.138. The number of hydrogen-bond acceptors (Lipinski definition) is 2. The van der Waals surface area contributed by atoms with E-state index in [1.807, 2.05) is 13.8 Å². The van der Waals surface area contributed by atoms with Crippen molar-refractivity contribution in [2.75, 3.05) is 6.61 Å². The second kappa shape index (κ2) is 11.3. The highest BCUT2D eigenvalue weighted by Crippen LogP contribution is 2.30. The Bertz CT molecular complexity index is 364. The third kappa shape index (κ3) is 6.55. The van der Waals surface area contributed by atoms with Crippen molar-refractivity contribution in [1.82, 2.24) is 0 Å². The molecule has 0 amide bonds. The lowest BCUT2D eigenvalue weighted by Crippen LogP contribution is -2.14. The fourth-order valence-electron chi connectivity index (χ4n) is 2.22. The number of rotatable bonds is 6. The van der Waals surface area contributed by atoms with E-state index in [2.05, 4.69) is 19.7 Å². The van der Waals surface area contributed by atoms with E-state index in [0.717, 1.165) is 12.8 Å². The summed E-state index contributed by atoms with van der Waals surface area (Å²) < 4.78 is 5.23. The predicted molar refractivity (Wildman–Crippen MR) is 86.5 cm³/mol. The van der Waals surface area contributed by atoms with E-state index < -0.39 is 0 Å². The van der Waals surface area contributed by atoms with Gasteiger partial charge in [0.2, 0.25) is 0 Å². The topological polar surface area (TPSA) is 26.3 Å². The smallest absolute Gasteiger partial charge is 0.338 e. The minimum Gasteiger partial charge on any atom is -0.462 e. The minimum absolute atomic E-state index is 0.327. The van der Waals surface area contributed by atoms with Crippen molar-refractivity contribution in [2.24, 2.45) is 5.92 Å². The van der Waals surface area contributed by atoms with Crippen LogP contribution in [-0.4, -0.2) is 12.6 Å². The van der Waals surface area contributed by atoms with Gasteiger partial charge < -0.3 is 4.74 Å². The number of ether oxygens (including phenoxy) is 1. The van der Waals surface area contributed by atoms with E-state index >= 15 is 0 Å². The van der Waals surface area contributed by atoms with Gasteiger partial charge in [-0.05, 0) is 37.7 Å². The molecule has 0 spiro atoms. The van der Waals surface area contributed by atoms with Crippen molar-refractivity contribution >= 4 is 5.97 Å². The summed E-state index contributed by atoms with van der Waals surface area (Å²) >= 11 is 0. The summed E-state index contributed by atoms with van der Waals surface area (Å²) in [6, 6.07) is 0. The molecule has 0 aliphatic heterocycles. The van der Waals surface area contributed by atoms with Gasteiger partial charge in [-0.2, -0.15) is 0 Å². The molecule has 0 bridgehead atoms. The van der Waals surface area contributed by atoms with Crippen LogP contribution < -0.4 is 0 Å². The largest absolute Gasteiger partial charge is 0.462 e. The van der Waals surface area contributed by atoms with E-state index in [9.17, 15) is 4.79 Å². The maximum Gasteiger partial charge on any atom is 0.338 e. The molecule has 112 valence electrons. The first-order valence-electron chi connectivity index (χ1n) is 7.49. The summed E-state index contributed by atoms with van der Waals surface area (Å²) in [5.41, 5.74) is 1.76. The van der Waals surface area contributed by atoms with Gasteiger partial charge in [-0.3, -0.25) is 0 Å². The third-order valence-corrected chi connectivity index (χ3v) is 3.33. The Labute approximate surface area is 123 Å². The molecule has 1 atom stereocenters. The first-order chi connectivity index (χ1) is 9.69. The van der Waals surface area contributed by atoms with Crippen molar-refractivity contribution < 1.29 is 9.53 Å². The summed E-state index contributed by atoms with van der Waals surface area (Å²) in [7, 11) is 0. The van der Waals surface area contributed by atoms with Crippen LogP contribution in [0.2, 0.25) is 0 Å². The number of hydrogen-bond donors (Lipinski definition) is 0. The summed E-state index contributed by atoms with van der Waals surface area (Å²) in [6.45, 7) is 15.7. The van der Waals surface area contributed by atoms with E-state index in [1.54, 1.807) is 12.2 Å². The molecule has 1 aliphatic carbocycles. The summed E-state index contributed by atoms with van der Waals surface area (Å²) in [6.07, 6.45) is 10.3. The lowest BCUT2D eigenvalue weighted by atomic mass is 9.83. The van der Waals surface area contributed by atoms with Crippen LogP contribution in [0.25, 0.3) is 0 Å². The standard InChI is InChI=1S/C16H22O2.C2H6/c1-4-8-14(5-2)16(17)18-12-11-15-10-7-6-9-13(15)3;1-2/h4-5,8,15H,1-3,6-7,9-12H2;1-2H3/b14-8+;. The van der Waals surface area contributed by atoms with Crippen LogP contribution in [0.3, 0.4) is 0 Å². The molecule has 0 aromatic rings.